The Bertz CT molecular complexity index is 1260. The molecule has 0 saturated carbocycles. The lowest BCUT2D eigenvalue weighted by Gasteiger charge is -2.40. The number of amides is 1. The number of ketones is 1. The smallest absolute Gasteiger partial charge is 0.270 e. The van der Waals surface area contributed by atoms with E-state index in [2.05, 4.69) is 9.97 Å². The molecular weight excluding hydrogens is 402 g/mol. The molecule has 3 atom stereocenters. The van der Waals surface area contributed by atoms with Crippen molar-refractivity contribution in [2.24, 2.45) is 0 Å². The average molecular weight is 423 g/mol. The first kappa shape index (κ1) is 19.1. The maximum atomic E-state index is 13.7. The lowest BCUT2D eigenvalue weighted by atomic mass is 9.61. The van der Waals surface area contributed by atoms with Crippen molar-refractivity contribution < 1.29 is 13.8 Å². The van der Waals surface area contributed by atoms with Crippen LogP contribution in [0.5, 0.6) is 0 Å². The summed E-state index contributed by atoms with van der Waals surface area (Å²) in [5.74, 6) is -0.551. The van der Waals surface area contributed by atoms with E-state index in [1.54, 1.807) is 11.9 Å². The van der Waals surface area contributed by atoms with Crippen molar-refractivity contribution in [2.75, 3.05) is 18.2 Å². The fourth-order valence-corrected chi connectivity index (χ4v) is 5.98. The van der Waals surface area contributed by atoms with Crippen molar-refractivity contribution in [3.8, 4) is 0 Å². The van der Waals surface area contributed by atoms with Gasteiger partial charge in [0.25, 0.3) is 5.56 Å². The molecule has 1 spiro atoms. The van der Waals surface area contributed by atoms with Gasteiger partial charge in [-0.1, -0.05) is 25.1 Å². The summed E-state index contributed by atoms with van der Waals surface area (Å²) in [5, 5.41) is 0. The molecule has 2 aliphatic carbocycles. The molecule has 0 fully saturated rings. The number of nitrogens with one attached hydrogen (secondary N) is 1. The number of benzene rings is 1. The van der Waals surface area contributed by atoms with E-state index in [4.69, 9.17) is 0 Å². The largest absolute Gasteiger partial charge is 0.322 e. The number of hydrogen-bond acceptors (Lipinski definition) is 5. The van der Waals surface area contributed by atoms with Crippen molar-refractivity contribution in [3.63, 3.8) is 0 Å². The van der Waals surface area contributed by atoms with Gasteiger partial charge < -0.3 is 9.88 Å². The molecular formula is C22H21N3O4S. The molecule has 30 heavy (non-hydrogen) atoms. The Labute approximate surface area is 175 Å². The van der Waals surface area contributed by atoms with E-state index in [1.165, 1.54) is 6.26 Å². The summed E-state index contributed by atoms with van der Waals surface area (Å²) >= 11 is 0. The van der Waals surface area contributed by atoms with E-state index in [0.717, 1.165) is 16.8 Å². The van der Waals surface area contributed by atoms with Crippen LogP contribution in [0.15, 0.2) is 34.6 Å². The first-order valence-electron chi connectivity index (χ1n) is 9.86. The topological polar surface area (TPSA) is 100 Å². The average Bonchev–Trinajstić information content (AvgIpc) is 3.19. The van der Waals surface area contributed by atoms with Crippen molar-refractivity contribution in [3.05, 3.63) is 62.8 Å². The molecule has 0 saturated heterocycles. The maximum absolute atomic E-state index is 13.7. The summed E-state index contributed by atoms with van der Waals surface area (Å²) in [6.07, 6.45) is 2.31. The molecule has 0 unspecified atom stereocenters. The lowest BCUT2D eigenvalue weighted by Crippen LogP contribution is -2.47. The summed E-state index contributed by atoms with van der Waals surface area (Å²) < 4.78 is 11.7. The number of nitrogens with zero attached hydrogens (tertiary/aromatic N) is 2. The Kier molecular flexibility index (Phi) is 4.02. The third kappa shape index (κ3) is 2.22. The number of likely N-dealkylation sites (N-methyl/N-ethyl adjacent to an activating group) is 1. The van der Waals surface area contributed by atoms with E-state index < -0.39 is 27.7 Å². The first-order chi connectivity index (χ1) is 14.3. The molecule has 0 radical (unpaired) electrons. The van der Waals surface area contributed by atoms with Gasteiger partial charge in [0.1, 0.15) is 11.1 Å². The second-order valence-corrected chi connectivity index (χ2v) is 9.62. The molecule has 154 valence electrons. The van der Waals surface area contributed by atoms with Gasteiger partial charge in [0.15, 0.2) is 5.78 Å². The molecule has 1 amide bonds. The molecule has 7 nitrogen and oxygen atoms in total. The van der Waals surface area contributed by atoms with Gasteiger partial charge >= 0.3 is 0 Å². The van der Waals surface area contributed by atoms with Gasteiger partial charge in [-0.25, -0.2) is 4.98 Å². The summed E-state index contributed by atoms with van der Waals surface area (Å²) in [4.78, 5) is 48.4. The SMILES string of the molecule is C[C@@H]1c2[nH]c(=O)c(C[S@@](C)=O)nc2C2=C(CCC2=O)[C@@]12C(=O)N(C)c1ccccc12. The van der Waals surface area contributed by atoms with Crippen LogP contribution in [0.25, 0.3) is 5.57 Å². The van der Waals surface area contributed by atoms with Crippen molar-refractivity contribution in [1.82, 2.24) is 9.97 Å². The van der Waals surface area contributed by atoms with E-state index in [0.29, 0.717) is 29.8 Å². The quantitative estimate of drug-likeness (QED) is 0.794. The number of para-hydroxylation sites is 1. The molecule has 2 aromatic rings. The molecule has 2 heterocycles. The van der Waals surface area contributed by atoms with Gasteiger partial charge in [0.2, 0.25) is 5.91 Å². The number of Topliss-reactive ketones (excluding diaryl/α,β-unsaturated/α-hetero) is 1. The Morgan fingerprint density at radius 3 is 2.70 bits per heavy atom. The minimum absolute atomic E-state index is 0.0173. The zero-order valence-electron chi connectivity index (χ0n) is 16.9. The number of hydrogen-bond donors (Lipinski definition) is 1. The minimum Gasteiger partial charge on any atom is -0.322 e. The minimum atomic E-state index is -1.24. The van der Waals surface area contributed by atoms with Gasteiger partial charge in [0.05, 0.1) is 11.4 Å². The number of aromatic nitrogens is 2. The van der Waals surface area contributed by atoms with Gasteiger partial charge in [-0.3, -0.25) is 18.6 Å². The predicted molar refractivity (Wildman–Crippen MR) is 114 cm³/mol. The van der Waals surface area contributed by atoms with Crippen LogP contribution in [-0.4, -0.2) is 39.2 Å². The highest BCUT2D eigenvalue weighted by Gasteiger charge is 2.60. The molecule has 1 aromatic carbocycles. The molecule has 3 aliphatic rings. The Morgan fingerprint density at radius 1 is 1.23 bits per heavy atom. The monoisotopic (exact) mass is 423 g/mol. The van der Waals surface area contributed by atoms with Crippen molar-refractivity contribution >= 4 is 33.8 Å². The van der Waals surface area contributed by atoms with Crippen LogP contribution in [-0.2, 0) is 31.6 Å². The van der Waals surface area contributed by atoms with Crippen molar-refractivity contribution in [2.45, 2.75) is 36.9 Å². The number of aromatic amines is 1. The summed E-state index contributed by atoms with van der Waals surface area (Å²) in [7, 11) is 0.501. The van der Waals surface area contributed by atoms with Crippen LogP contribution in [0, 0.1) is 0 Å². The highest BCUT2D eigenvalue weighted by molar-refractivity contribution is 7.83. The predicted octanol–water partition coefficient (Wildman–Crippen LogP) is 1.80. The van der Waals surface area contributed by atoms with Crippen LogP contribution in [0.3, 0.4) is 0 Å². The van der Waals surface area contributed by atoms with Crippen LogP contribution >= 0.6 is 0 Å². The van der Waals surface area contributed by atoms with Crippen LogP contribution in [0.2, 0.25) is 0 Å². The Balaban J connectivity index is 1.86. The number of allylic oxidation sites excluding steroid dienone is 1. The fraction of sp³-hybridized carbons (Fsp3) is 0.364. The second kappa shape index (κ2) is 6.31. The third-order valence-corrected chi connectivity index (χ3v) is 7.34. The Morgan fingerprint density at radius 2 is 1.97 bits per heavy atom. The number of H-pyrrole nitrogens is 1. The molecule has 8 heteroatoms. The number of fused-ring (bicyclic) bond motifs is 5. The highest BCUT2D eigenvalue weighted by atomic mass is 32.2. The maximum Gasteiger partial charge on any atom is 0.270 e. The molecule has 5 rings (SSSR count). The second-order valence-electron chi connectivity index (χ2n) is 8.18. The fourth-order valence-electron chi connectivity index (χ4n) is 5.40. The van der Waals surface area contributed by atoms with Crippen LogP contribution in [0.4, 0.5) is 5.69 Å². The van der Waals surface area contributed by atoms with Crippen LogP contribution < -0.4 is 10.5 Å². The standard InChI is InChI=1S/C22H21N3O4S/c1-11-18-19(23-14(10-30(3)29)20(27)24-18)17-13(8-9-16(17)26)22(11)12-6-4-5-7-15(12)25(2)21(22)28/h4-7,11H,8-10H2,1-3H3,(H,24,27)/t11-,22-,30-/m1/s1. The zero-order valence-corrected chi connectivity index (χ0v) is 17.8. The van der Waals surface area contributed by atoms with Gasteiger partial charge in [0, 0.05) is 53.4 Å². The first-order valence-corrected chi connectivity index (χ1v) is 11.6. The third-order valence-electron chi connectivity index (χ3n) is 6.66. The summed E-state index contributed by atoms with van der Waals surface area (Å²) in [6, 6.07) is 7.62. The number of anilines is 1. The van der Waals surface area contributed by atoms with E-state index >= 15 is 0 Å². The highest BCUT2D eigenvalue weighted by Crippen LogP contribution is 2.60. The molecule has 1 N–H and O–H groups in total. The lowest BCUT2D eigenvalue weighted by molar-refractivity contribution is -0.122. The summed E-state index contributed by atoms with van der Waals surface area (Å²) in [5.41, 5.74) is 2.54. The van der Waals surface area contributed by atoms with Crippen LogP contribution in [0.1, 0.15) is 48.3 Å². The van der Waals surface area contributed by atoms with E-state index in [9.17, 15) is 18.6 Å². The van der Waals surface area contributed by atoms with E-state index in [1.807, 2.05) is 31.2 Å². The molecule has 0 bridgehead atoms. The zero-order chi connectivity index (χ0) is 21.4. The molecule has 1 aliphatic heterocycles. The van der Waals surface area contributed by atoms with Gasteiger partial charge in [-0.15, -0.1) is 0 Å². The van der Waals surface area contributed by atoms with Gasteiger partial charge in [-0.2, -0.15) is 0 Å². The number of carbonyl (C=O) groups is 2. The van der Waals surface area contributed by atoms with Crippen molar-refractivity contribution in [1.29, 1.82) is 0 Å². The Hall–Kier alpha value is -2.87. The van der Waals surface area contributed by atoms with E-state index in [-0.39, 0.29) is 23.1 Å². The summed E-state index contributed by atoms with van der Waals surface area (Å²) in [6.45, 7) is 1.91. The normalized spacial score (nSPS) is 25.6. The number of carbonyl (C=O) groups excluding carboxylic acids is 2. The van der Waals surface area contributed by atoms with Gasteiger partial charge in [-0.05, 0) is 23.6 Å². The number of rotatable bonds is 2. The molecule has 1 aromatic heterocycles.